The zero-order valence-corrected chi connectivity index (χ0v) is 10.7. The van der Waals surface area contributed by atoms with E-state index >= 15 is 0 Å². The fourth-order valence-corrected chi connectivity index (χ4v) is 1.85. The molecule has 0 aliphatic rings. The number of carbonyl (C=O) groups excluding carboxylic acids is 1. The van der Waals surface area contributed by atoms with Gasteiger partial charge in [-0.25, -0.2) is 4.79 Å². The Morgan fingerprint density at radius 3 is 2.42 bits per heavy atom. The Morgan fingerprint density at radius 1 is 1.00 bits per heavy atom. The second-order valence-electron chi connectivity index (χ2n) is 4.31. The van der Waals surface area contributed by atoms with Gasteiger partial charge < -0.3 is 10.5 Å². The molecule has 0 amide bonds. The van der Waals surface area contributed by atoms with Crippen molar-refractivity contribution in [3.63, 3.8) is 0 Å². The minimum absolute atomic E-state index is 0.355. The van der Waals surface area contributed by atoms with Crippen LogP contribution in [0.1, 0.15) is 22.3 Å². The summed E-state index contributed by atoms with van der Waals surface area (Å²) in [6, 6.07) is 17.1. The summed E-state index contributed by atoms with van der Waals surface area (Å²) in [4.78, 5) is 11.8. The van der Waals surface area contributed by atoms with Gasteiger partial charge in [-0.15, -0.1) is 0 Å². The van der Waals surface area contributed by atoms with E-state index in [-0.39, 0.29) is 5.97 Å². The zero-order valence-electron chi connectivity index (χ0n) is 10.7. The third-order valence-corrected chi connectivity index (χ3v) is 2.87. The van der Waals surface area contributed by atoms with Gasteiger partial charge in [0.1, 0.15) is 0 Å². The van der Waals surface area contributed by atoms with E-state index in [2.05, 4.69) is 12.1 Å². The lowest BCUT2D eigenvalue weighted by Gasteiger charge is -2.06. The van der Waals surface area contributed by atoms with Gasteiger partial charge in [-0.2, -0.15) is 0 Å². The maximum atomic E-state index is 11.8. The molecule has 0 fully saturated rings. The van der Waals surface area contributed by atoms with Crippen LogP contribution in [0.2, 0.25) is 0 Å². The number of esters is 1. The number of anilines is 1. The normalized spacial score (nSPS) is 10.1. The summed E-state index contributed by atoms with van der Waals surface area (Å²) < 4.78 is 5.21. The van der Waals surface area contributed by atoms with E-state index in [4.69, 9.17) is 10.5 Å². The summed E-state index contributed by atoms with van der Waals surface area (Å²) in [5.41, 5.74) is 7.85. The highest BCUT2D eigenvalue weighted by atomic mass is 16.5. The number of rotatable bonds is 5. The molecule has 0 atom stereocenters. The van der Waals surface area contributed by atoms with E-state index in [1.165, 1.54) is 5.56 Å². The molecule has 3 heteroatoms. The second kappa shape index (κ2) is 6.59. The lowest BCUT2D eigenvalue weighted by Crippen LogP contribution is -2.09. The molecule has 0 aromatic heterocycles. The molecule has 0 radical (unpaired) electrons. The van der Waals surface area contributed by atoms with Crippen molar-refractivity contribution < 1.29 is 9.53 Å². The Kier molecular flexibility index (Phi) is 4.56. The van der Waals surface area contributed by atoms with E-state index in [0.717, 1.165) is 12.8 Å². The van der Waals surface area contributed by atoms with Crippen molar-refractivity contribution >= 4 is 11.7 Å². The molecule has 0 spiro atoms. The van der Waals surface area contributed by atoms with Crippen LogP contribution in [-0.4, -0.2) is 12.6 Å². The van der Waals surface area contributed by atoms with E-state index in [1.54, 1.807) is 24.3 Å². The number of ether oxygens (including phenoxy) is 1. The topological polar surface area (TPSA) is 52.3 Å². The largest absolute Gasteiger partial charge is 0.462 e. The van der Waals surface area contributed by atoms with Gasteiger partial charge in [0.15, 0.2) is 0 Å². The van der Waals surface area contributed by atoms with Gasteiger partial charge in [-0.3, -0.25) is 0 Å². The first-order chi connectivity index (χ1) is 9.27. The molecule has 98 valence electrons. The van der Waals surface area contributed by atoms with Crippen LogP contribution in [0.4, 0.5) is 5.69 Å². The fraction of sp³-hybridized carbons (Fsp3) is 0.188. The Labute approximate surface area is 113 Å². The number of hydrogen-bond donors (Lipinski definition) is 1. The minimum Gasteiger partial charge on any atom is -0.462 e. The first kappa shape index (κ1) is 13.1. The smallest absolute Gasteiger partial charge is 0.340 e. The van der Waals surface area contributed by atoms with E-state index < -0.39 is 0 Å². The number of carbonyl (C=O) groups is 1. The summed E-state index contributed by atoms with van der Waals surface area (Å²) in [6.45, 7) is 0.405. The molecule has 0 bridgehead atoms. The highest BCUT2D eigenvalue weighted by molar-refractivity contribution is 5.94. The van der Waals surface area contributed by atoms with E-state index in [0.29, 0.717) is 17.9 Å². The molecule has 0 saturated heterocycles. The standard InChI is InChI=1S/C16H17NO2/c17-15-11-5-4-10-14(15)16(18)19-12-6-9-13-7-2-1-3-8-13/h1-5,7-8,10-11H,6,9,12,17H2. The van der Waals surface area contributed by atoms with Crippen LogP contribution in [0.25, 0.3) is 0 Å². The van der Waals surface area contributed by atoms with Crippen LogP contribution in [0, 0.1) is 0 Å². The first-order valence-corrected chi connectivity index (χ1v) is 6.33. The van der Waals surface area contributed by atoms with Crippen LogP contribution in [0.15, 0.2) is 54.6 Å². The number of nitrogens with two attached hydrogens (primary N) is 1. The third-order valence-electron chi connectivity index (χ3n) is 2.87. The molecule has 2 rings (SSSR count). The van der Waals surface area contributed by atoms with Gasteiger partial charge in [0, 0.05) is 5.69 Å². The maximum absolute atomic E-state index is 11.8. The van der Waals surface area contributed by atoms with Gasteiger partial charge in [-0.1, -0.05) is 42.5 Å². The molecule has 0 aliphatic heterocycles. The number of aryl methyl sites for hydroxylation is 1. The summed E-state index contributed by atoms with van der Waals surface area (Å²) in [6.07, 6.45) is 1.71. The lowest BCUT2D eigenvalue weighted by atomic mass is 10.1. The Bertz CT molecular complexity index is 537. The number of nitrogen functional groups attached to an aromatic ring is 1. The van der Waals surface area contributed by atoms with Gasteiger partial charge in [0.25, 0.3) is 0 Å². The molecular weight excluding hydrogens is 238 g/mol. The maximum Gasteiger partial charge on any atom is 0.340 e. The van der Waals surface area contributed by atoms with Crippen molar-refractivity contribution in [2.75, 3.05) is 12.3 Å². The van der Waals surface area contributed by atoms with Crippen molar-refractivity contribution in [2.24, 2.45) is 0 Å². The van der Waals surface area contributed by atoms with Crippen LogP contribution < -0.4 is 5.73 Å². The second-order valence-corrected chi connectivity index (χ2v) is 4.31. The van der Waals surface area contributed by atoms with Crippen molar-refractivity contribution in [3.05, 3.63) is 65.7 Å². The van der Waals surface area contributed by atoms with Crippen LogP contribution in [0.3, 0.4) is 0 Å². The van der Waals surface area contributed by atoms with Crippen LogP contribution in [0.5, 0.6) is 0 Å². The molecule has 3 nitrogen and oxygen atoms in total. The highest BCUT2D eigenvalue weighted by Crippen LogP contribution is 2.12. The van der Waals surface area contributed by atoms with Gasteiger partial charge in [0.05, 0.1) is 12.2 Å². The molecule has 2 N–H and O–H groups in total. The summed E-state index contributed by atoms with van der Waals surface area (Å²) in [5, 5.41) is 0. The molecule has 0 saturated carbocycles. The van der Waals surface area contributed by atoms with E-state index in [1.807, 2.05) is 18.2 Å². The molecule has 0 unspecified atom stereocenters. The van der Waals surface area contributed by atoms with Crippen molar-refractivity contribution in [3.8, 4) is 0 Å². The van der Waals surface area contributed by atoms with E-state index in [9.17, 15) is 4.79 Å². The highest BCUT2D eigenvalue weighted by Gasteiger charge is 2.09. The predicted octanol–water partition coefficient (Wildman–Crippen LogP) is 3.06. The summed E-state index contributed by atoms with van der Waals surface area (Å²) in [5.74, 6) is -0.355. The number of hydrogen-bond acceptors (Lipinski definition) is 3. The SMILES string of the molecule is Nc1ccccc1C(=O)OCCCc1ccccc1. The molecule has 19 heavy (non-hydrogen) atoms. The average Bonchev–Trinajstić information content (AvgIpc) is 2.45. The van der Waals surface area contributed by atoms with Gasteiger partial charge >= 0.3 is 5.97 Å². The van der Waals surface area contributed by atoms with Crippen molar-refractivity contribution in [1.29, 1.82) is 0 Å². The molecule has 0 aliphatic carbocycles. The molecule has 0 heterocycles. The average molecular weight is 255 g/mol. The quantitative estimate of drug-likeness (QED) is 0.507. The molecule has 2 aromatic rings. The Hall–Kier alpha value is -2.29. The molecular formula is C16H17NO2. The monoisotopic (exact) mass is 255 g/mol. The van der Waals surface area contributed by atoms with Crippen LogP contribution >= 0.6 is 0 Å². The Balaban J connectivity index is 1.77. The lowest BCUT2D eigenvalue weighted by molar-refractivity contribution is 0.0502. The van der Waals surface area contributed by atoms with Gasteiger partial charge in [0.2, 0.25) is 0 Å². The summed E-state index contributed by atoms with van der Waals surface area (Å²) >= 11 is 0. The predicted molar refractivity (Wildman–Crippen MR) is 75.9 cm³/mol. The summed E-state index contributed by atoms with van der Waals surface area (Å²) in [7, 11) is 0. The third kappa shape index (κ3) is 3.85. The Morgan fingerprint density at radius 2 is 1.68 bits per heavy atom. The number of para-hydroxylation sites is 1. The fourth-order valence-electron chi connectivity index (χ4n) is 1.85. The van der Waals surface area contributed by atoms with Crippen molar-refractivity contribution in [1.82, 2.24) is 0 Å². The number of benzene rings is 2. The minimum atomic E-state index is -0.355. The molecule has 2 aromatic carbocycles. The first-order valence-electron chi connectivity index (χ1n) is 6.33. The van der Waals surface area contributed by atoms with Gasteiger partial charge in [-0.05, 0) is 30.5 Å². The van der Waals surface area contributed by atoms with Crippen molar-refractivity contribution in [2.45, 2.75) is 12.8 Å². The van der Waals surface area contributed by atoms with Crippen LogP contribution in [-0.2, 0) is 11.2 Å². The zero-order chi connectivity index (χ0) is 13.5.